The molecule has 134 valence electrons. The van der Waals surface area contributed by atoms with Crippen molar-refractivity contribution in [3.05, 3.63) is 52.5 Å². The SMILES string of the molecule is C=CCn1c(SCc2csc(NC(C)=O)n2)nnc1-c1ccc(Br)cc1. The van der Waals surface area contributed by atoms with Gasteiger partial charge in [0.1, 0.15) is 0 Å². The number of rotatable bonds is 7. The number of thioether (sulfide) groups is 1. The number of nitrogens with zero attached hydrogens (tertiary/aromatic N) is 4. The largest absolute Gasteiger partial charge is 0.302 e. The average molecular weight is 450 g/mol. The summed E-state index contributed by atoms with van der Waals surface area (Å²) in [5.74, 6) is 1.33. The predicted molar refractivity (Wildman–Crippen MR) is 109 cm³/mol. The maximum atomic E-state index is 11.1. The van der Waals surface area contributed by atoms with Gasteiger partial charge in [-0.3, -0.25) is 9.36 Å². The highest BCUT2D eigenvalue weighted by atomic mass is 79.9. The third-order valence-corrected chi connectivity index (χ3v) is 5.65. The highest BCUT2D eigenvalue weighted by Gasteiger charge is 2.14. The van der Waals surface area contributed by atoms with Crippen LogP contribution in [0.25, 0.3) is 11.4 Å². The fraction of sp³-hybridized carbons (Fsp3) is 0.176. The number of carbonyl (C=O) groups is 1. The van der Waals surface area contributed by atoms with E-state index in [0.29, 0.717) is 17.4 Å². The third-order valence-electron chi connectivity index (χ3n) is 3.31. The molecule has 1 N–H and O–H groups in total. The zero-order valence-corrected chi connectivity index (χ0v) is 17.2. The molecule has 0 radical (unpaired) electrons. The van der Waals surface area contributed by atoms with Crippen molar-refractivity contribution in [3.8, 4) is 11.4 Å². The van der Waals surface area contributed by atoms with Gasteiger partial charge in [-0.2, -0.15) is 0 Å². The van der Waals surface area contributed by atoms with E-state index in [1.165, 1.54) is 18.3 Å². The maximum absolute atomic E-state index is 11.1. The van der Waals surface area contributed by atoms with Gasteiger partial charge in [0.25, 0.3) is 0 Å². The van der Waals surface area contributed by atoms with E-state index in [4.69, 9.17) is 0 Å². The molecule has 0 aliphatic heterocycles. The molecule has 0 spiro atoms. The molecule has 3 aromatic rings. The molecule has 0 saturated carbocycles. The van der Waals surface area contributed by atoms with Gasteiger partial charge in [-0.25, -0.2) is 4.98 Å². The van der Waals surface area contributed by atoms with Crippen molar-refractivity contribution in [2.24, 2.45) is 0 Å². The highest BCUT2D eigenvalue weighted by molar-refractivity contribution is 9.10. The Bertz CT molecular complexity index is 920. The second kappa shape index (κ2) is 8.61. The van der Waals surface area contributed by atoms with Crippen molar-refractivity contribution >= 4 is 50.1 Å². The van der Waals surface area contributed by atoms with Crippen LogP contribution in [-0.4, -0.2) is 25.7 Å². The molecular formula is C17H16BrN5OS2. The molecule has 0 aliphatic carbocycles. The van der Waals surface area contributed by atoms with Crippen LogP contribution in [0.3, 0.4) is 0 Å². The second-order valence-corrected chi connectivity index (χ2v) is 8.04. The van der Waals surface area contributed by atoms with E-state index in [1.807, 2.05) is 40.3 Å². The monoisotopic (exact) mass is 449 g/mol. The number of amides is 1. The molecule has 0 fully saturated rings. The first-order valence-corrected chi connectivity index (χ1v) is 10.4. The molecular weight excluding hydrogens is 434 g/mol. The van der Waals surface area contributed by atoms with E-state index in [9.17, 15) is 4.79 Å². The summed E-state index contributed by atoms with van der Waals surface area (Å²) in [5.41, 5.74) is 1.89. The topological polar surface area (TPSA) is 72.7 Å². The van der Waals surface area contributed by atoms with Crippen LogP contribution in [0.1, 0.15) is 12.6 Å². The van der Waals surface area contributed by atoms with Crippen LogP contribution in [0.15, 0.2) is 51.9 Å². The Hall–Kier alpha value is -1.97. The molecule has 0 saturated heterocycles. The molecule has 3 rings (SSSR count). The molecule has 6 nitrogen and oxygen atoms in total. The molecule has 0 aliphatic rings. The molecule has 9 heteroatoms. The molecule has 1 aromatic carbocycles. The Labute approximate surface area is 167 Å². The van der Waals surface area contributed by atoms with E-state index in [2.05, 4.69) is 43.0 Å². The number of allylic oxidation sites excluding steroid dienone is 1. The summed E-state index contributed by atoms with van der Waals surface area (Å²) in [4.78, 5) is 15.5. The summed E-state index contributed by atoms with van der Waals surface area (Å²) in [6.07, 6.45) is 1.83. The van der Waals surface area contributed by atoms with Crippen LogP contribution < -0.4 is 5.32 Å². The Morgan fingerprint density at radius 3 is 2.85 bits per heavy atom. The summed E-state index contributed by atoms with van der Waals surface area (Å²) in [7, 11) is 0. The van der Waals surface area contributed by atoms with Gasteiger partial charge in [-0.05, 0) is 12.1 Å². The van der Waals surface area contributed by atoms with E-state index >= 15 is 0 Å². The first-order valence-electron chi connectivity index (χ1n) is 7.71. The van der Waals surface area contributed by atoms with Crippen LogP contribution >= 0.6 is 39.0 Å². The number of halogens is 1. The van der Waals surface area contributed by atoms with Crippen molar-refractivity contribution in [2.75, 3.05) is 5.32 Å². The first-order chi connectivity index (χ1) is 12.6. The number of benzene rings is 1. The summed E-state index contributed by atoms with van der Waals surface area (Å²) >= 11 is 6.41. The Morgan fingerprint density at radius 2 is 2.15 bits per heavy atom. The minimum atomic E-state index is -0.122. The van der Waals surface area contributed by atoms with Crippen molar-refractivity contribution in [1.82, 2.24) is 19.7 Å². The van der Waals surface area contributed by atoms with Gasteiger partial charge in [-0.1, -0.05) is 45.9 Å². The molecule has 0 bridgehead atoms. The van der Waals surface area contributed by atoms with Gasteiger partial charge in [0.05, 0.1) is 5.69 Å². The van der Waals surface area contributed by atoms with E-state index < -0.39 is 0 Å². The minimum Gasteiger partial charge on any atom is -0.302 e. The van der Waals surface area contributed by atoms with Crippen LogP contribution in [0.2, 0.25) is 0 Å². The Balaban J connectivity index is 1.77. The zero-order valence-electron chi connectivity index (χ0n) is 14.0. The number of hydrogen-bond donors (Lipinski definition) is 1. The standard InChI is InChI=1S/C17H16BrN5OS2/c1-3-8-23-15(12-4-6-13(18)7-5-12)21-22-17(23)26-10-14-9-25-16(20-14)19-11(2)24/h3-7,9H,1,8,10H2,2H3,(H,19,20,24). The van der Waals surface area contributed by atoms with Gasteiger partial charge >= 0.3 is 0 Å². The fourth-order valence-corrected chi connectivity index (χ4v) is 4.19. The molecule has 0 atom stereocenters. The number of aromatic nitrogens is 4. The number of thiazole rings is 1. The quantitative estimate of drug-likeness (QED) is 0.421. The zero-order chi connectivity index (χ0) is 18.5. The molecule has 2 aromatic heterocycles. The molecule has 2 heterocycles. The summed E-state index contributed by atoms with van der Waals surface area (Å²) < 4.78 is 3.05. The van der Waals surface area contributed by atoms with Crippen LogP contribution in [-0.2, 0) is 17.1 Å². The number of carbonyl (C=O) groups excluding carboxylic acids is 1. The van der Waals surface area contributed by atoms with Gasteiger partial charge in [0, 0.05) is 34.6 Å². The second-order valence-electron chi connectivity index (χ2n) is 5.33. The van der Waals surface area contributed by atoms with E-state index in [0.717, 1.165) is 26.7 Å². The lowest BCUT2D eigenvalue weighted by Crippen LogP contribution is -2.05. The van der Waals surface area contributed by atoms with Crippen LogP contribution in [0.4, 0.5) is 5.13 Å². The summed E-state index contributed by atoms with van der Waals surface area (Å²) in [5, 5.41) is 14.7. The lowest BCUT2D eigenvalue weighted by atomic mass is 10.2. The van der Waals surface area contributed by atoms with Crippen LogP contribution in [0.5, 0.6) is 0 Å². The van der Waals surface area contributed by atoms with Crippen molar-refractivity contribution < 1.29 is 4.79 Å². The van der Waals surface area contributed by atoms with Gasteiger partial charge in [-0.15, -0.1) is 28.1 Å². The number of hydrogen-bond acceptors (Lipinski definition) is 6. The van der Waals surface area contributed by atoms with Gasteiger partial charge in [0.15, 0.2) is 16.1 Å². The highest BCUT2D eigenvalue weighted by Crippen LogP contribution is 2.28. The average Bonchev–Trinajstić information content (AvgIpc) is 3.21. The van der Waals surface area contributed by atoms with Gasteiger partial charge < -0.3 is 5.32 Å². The van der Waals surface area contributed by atoms with Crippen molar-refractivity contribution in [2.45, 2.75) is 24.4 Å². The fourth-order valence-electron chi connectivity index (χ4n) is 2.22. The summed E-state index contributed by atoms with van der Waals surface area (Å²) in [6.45, 7) is 5.92. The van der Waals surface area contributed by atoms with E-state index in [1.54, 1.807) is 11.8 Å². The molecule has 1 amide bonds. The van der Waals surface area contributed by atoms with Crippen LogP contribution in [0, 0.1) is 0 Å². The van der Waals surface area contributed by atoms with Crippen molar-refractivity contribution in [1.29, 1.82) is 0 Å². The third kappa shape index (κ3) is 4.60. The smallest absolute Gasteiger partial charge is 0.223 e. The maximum Gasteiger partial charge on any atom is 0.223 e. The van der Waals surface area contributed by atoms with Gasteiger partial charge in [0.2, 0.25) is 5.91 Å². The Kier molecular flexibility index (Phi) is 6.23. The van der Waals surface area contributed by atoms with Crippen molar-refractivity contribution in [3.63, 3.8) is 0 Å². The normalized spacial score (nSPS) is 10.7. The Morgan fingerprint density at radius 1 is 1.38 bits per heavy atom. The van der Waals surface area contributed by atoms with E-state index in [-0.39, 0.29) is 5.91 Å². The lowest BCUT2D eigenvalue weighted by Gasteiger charge is -2.07. The number of anilines is 1. The molecule has 0 unspecified atom stereocenters. The molecule has 26 heavy (non-hydrogen) atoms. The lowest BCUT2D eigenvalue weighted by molar-refractivity contribution is -0.114. The first kappa shape index (κ1) is 18.8. The minimum absolute atomic E-state index is 0.122. The number of nitrogens with one attached hydrogen (secondary N) is 1. The predicted octanol–water partition coefficient (Wildman–Crippen LogP) is 4.60. The summed E-state index contributed by atoms with van der Waals surface area (Å²) in [6, 6.07) is 7.96.